The summed E-state index contributed by atoms with van der Waals surface area (Å²) in [7, 11) is 0. The Morgan fingerprint density at radius 3 is 3.00 bits per heavy atom. The summed E-state index contributed by atoms with van der Waals surface area (Å²) in [6, 6.07) is 7.66. The van der Waals surface area contributed by atoms with Gasteiger partial charge in [0, 0.05) is 11.9 Å². The van der Waals surface area contributed by atoms with E-state index in [1.807, 2.05) is 31.2 Å². The predicted octanol–water partition coefficient (Wildman–Crippen LogP) is 2.30. The van der Waals surface area contributed by atoms with Crippen LogP contribution in [0.1, 0.15) is 25.6 Å². The predicted molar refractivity (Wildman–Crippen MR) is 75.8 cm³/mol. The van der Waals surface area contributed by atoms with E-state index in [-0.39, 0.29) is 11.9 Å². The number of ether oxygens (including phenoxy) is 1. The molecule has 2 unspecified atom stereocenters. The quantitative estimate of drug-likeness (QED) is 0.801. The van der Waals surface area contributed by atoms with Crippen LogP contribution in [0.2, 0.25) is 0 Å². The van der Waals surface area contributed by atoms with Crippen molar-refractivity contribution in [3.63, 3.8) is 0 Å². The third kappa shape index (κ3) is 2.32. The Kier molecular flexibility index (Phi) is 3.06. The molecular formula is C14H16N4O2. The van der Waals surface area contributed by atoms with E-state index in [2.05, 4.69) is 20.8 Å². The lowest BCUT2D eigenvalue weighted by atomic mass is 10.2. The van der Waals surface area contributed by atoms with Gasteiger partial charge in [-0.3, -0.25) is 9.89 Å². The van der Waals surface area contributed by atoms with Crippen LogP contribution in [0.25, 0.3) is 0 Å². The fourth-order valence-electron chi connectivity index (χ4n) is 2.13. The largest absolute Gasteiger partial charge is 0.479 e. The van der Waals surface area contributed by atoms with Gasteiger partial charge in [0.15, 0.2) is 6.10 Å². The molecule has 2 aromatic rings. The molecule has 1 aromatic carbocycles. The van der Waals surface area contributed by atoms with Gasteiger partial charge in [0.05, 0.1) is 17.4 Å². The number of carbonyl (C=O) groups excluding carboxylic acids is 1. The number of benzene rings is 1. The summed E-state index contributed by atoms with van der Waals surface area (Å²) >= 11 is 0. The molecule has 6 heteroatoms. The van der Waals surface area contributed by atoms with Gasteiger partial charge >= 0.3 is 0 Å². The third-order valence-electron chi connectivity index (χ3n) is 3.28. The Labute approximate surface area is 116 Å². The van der Waals surface area contributed by atoms with Gasteiger partial charge in [0.25, 0.3) is 5.91 Å². The van der Waals surface area contributed by atoms with Gasteiger partial charge in [-0.2, -0.15) is 5.10 Å². The molecular weight excluding hydrogens is 256 g/mol. The first-order valence-corrected chi connectivity index (χ1v) is 6.51. The minimum Gasteiger partial charge on any atom is -0.479 e. The molecule has 104 valence electrons. The monoisotopic (exact) mass is 272 g/mol. The minimum absolute atomic E-state index is 0.0923. The first-order chi connectivity index (χ1) is 9.63. The van der Waals surface area contributed by atoms with Crippen LogP contribution >= 0.6 is 0 Å². The normalized spacial score (nSPS) is 18.7. The maximum absolute atomic E-state index is 11.6. The second kappa shape index (κ2) is 4.88. The summed E-state index contributed by atoms with van der Waals surface area (Å²) in [5.41, 5.74) is 2.59. The Morgan fingerprint density at radius 1 is 1.40 bits per heavy atom. The smallest absolute Gasteiger partial charge is 0.265 e. The molecule has 2 heterocycles. The molecule has 0 bridgehead atoms. The summed E-state index contributed by atoms with van der Waals surface area (Å²) in [6.07, 6.45) is 1.26. The average molecular weight is 272 g/mol. The van der Waals surface area contributed by atoms with E-state index >= 15 is 0 Å². The Morgan fingerprint density at radius 2 is 2.25 bits per heavy atom. The van der Waals surface area contributed by atoms with Crippen LogP contribution in [0, 0.1) is 0 Å². The summed E-state index contributed by atoms with van der Waals surface area (Å²) in [4.78, 5) is 11.6. The molecule has 6 nitrogen and oxygen atoms in total. The van der Waals surface area contributed by atoms with Gasteiger partial charge in [-0.1, -0.05) is 0 Å². The van der Waals surface area contributed by atoms with Gasteiger partial charge < -0.3 is 15.4 Å². The van der Waals surface area contributed by atoms with Crippen LogP contribution in [0.4, 0.5) is 11.4 Å². The molecule has 0 saturated heterocycles. The molecule has 0 spiro atoms. The molecule has 1 aliphatic rings. The molecule has 0 saturated carbocycles. The number of nitrogens with zero attached hydrogens (tertiary/aromatic N) is 1. The Bertz CT molecular complexity index is 624. The van der Waals surface area contributed by atoms with Crippen molar-refractivity contribution >= 4 is 17.3 Å². The van der Waals surface area contributed by atoms with E-state index in [4.69, 9.17) is 4.74 Å². The highest BCUT2D eigenvalue weighted by molar-refractivity contribution is 5.98. The number of rotatable bonds is 3. The van der Waals surface area contributed by atoms with Crippen molar-refractivity contribution in [2.24, 2.45) is 0 Å². The molecule has 0 fully saturated rings. The highest BCUT2D eigenvalue weighted by Gasteiger charge is 2.23. The second-order valence-corrected chi connectivity index (χ2v) is 4.84. The zero-order chi connectivity index (χ0) is 14.1. The number of aromatic amines is 1. The number of hydrogen-bond acceptors (Lipinski definition) is 4. The standard InChI is InChI=1S/C14H16N4O2/c1-8(11-5-6-15-18-11)16-10-3-4-13-12(7-10)17-14(19)9(2)20-13/h3-9,16H,1-2H3,(H,15,18)(H,17,19). The number of amides is 1. The molecule has 0 radical (unpaired) electrons. The van der Waals surface area contributed by atoms with Crippen LogP contribution in [0.3, 0.4) is 0 Å². The number of carbonyl (C=O) groups is 1. The fourth-order valence-corrected chi connectivity index (χ4v) is 2.13. The Hall–Kier alpha value is -2.50. The third-order valence-corrected chi connectivity index (χ3v) is 3.28. The number of fused-ring (bicyclic) bond motifs is 1. The average Bonchev–Trinajstić information content (AvgIpc) is 2.94. The van der Waals surface area contributed by atoms with E-state index in [1.165, 1.54) is 0 Å². The van der Waals surface area contributed by atoms with Crippen LogP contribution in [-0.2, 0) is 4.79 Å². The van der Waals surface area contributed by atoms with E-state index in [0.29, 0.717) is 11.4 Å². The van der Waals surface area contributed by atoms with Crippen molar-refractivity contribution < 1.29 is 9.53 Å². The highest BCUT2D eigenvalue weighted by atomic mass is 16.5. The molecule has 2 atom stereocenters. The summed E-state index contributed by atoms with van der Waals surface area (Å²) < 4.78 is 5.52. The maximum Gasteiger partial charge on any atom is 0.265 e. The molecule has 1 aromatic heterocycles. The van der Waals surface area contributed by atoms with E-state index in [9.17, 15) is 4.79 Å². The topological polar surface area (TPSA) is 79.0 Å². The maximum atomic E-state index is 11.6. The summed E-state index contributed by atoms with van der Waals surface area (Å²) in [5.74, 6) is 0.563. The van der Waals surface area contributed by atoms with Crippen molar-refractivity contribution in [2.45, 2.75) is 26.0 Å². The van der Waals surface area contributed by atoms with Crippen LogP contribution < -0.4 is 15.4 Å². The molecule has 3 N–H and O–H groups in total. The molecule has 0 aliphatic carbocycles. The fraction of sp³-hybridized carbons (Fsp3) is 0.286. The number of nitrogens with one attached hydrogen (secondary N) is 3. The van der Waals surface area contributed by atoms with E-state index < -0.39 is 6.10 Å². The van der Waals surface area contributed by atoms with E-state index in [0.717, 1.165) is 11.4 Å². The second-order valence-electron chi connectivity index (χ2n) is 4.84. The first-order valence-electron chi connectivity index (χ1n) is 6.51. The first kappa shape index (κ1) is 12.5. The van der Waals surface area contributed by atoms with Gasteiger partial charge in [0.2, 0.25) is 0 Å². The lowest BCUT2D eigenvalue weighted by Gasteiger charge is -2.24. The van der Waals surface area contributed by atoms with Crippen molar-refractivity contribution in [1.82, 2.24) is 10.2 Å². The number of anilines is 2. The lowest BCUT2D eigenvalue weighted by molar-refractivity contribution is -0.122. The van der Waals surface area contributed by atoms with Gasteiger partial charge in [-0.15, -0.1) is 0 Å². The zero-order valence-electron chi connectivity index (χ0n) is 11.3. The SMILES string of the molecule is CC1Oc2ccc(NC(C)c3ccn[nH]3)cc2NC1=O. The molecule has 20 heavy (non-hydrogen) atoms. The van der Waals surface area contributed by atoms with Crippen molar-refractivity contribution in [3.05, 3.63) is 36.2 Å². The Balaban J connectivity index is 1.79. The van der Waals surface area contributed by atoms with Gasteiger partial charge in [-0.05, 0) is 38.1 Å². The lowest BCUT2D eigenvalue weighted by Crippen LogP contribution is -2.34. The molecule has 1 aliphatic heterocycles. The number of H-pyrrole nitrogens is 1. The van der Waals surface area contributed by atoms with Crippen molar-refractivity contribution in [1.29, 1.82) is 0 Å². The van der Waals surface area contributed by atoms with Crippen LogP contribution in [0.5, 0.6) is 5.75 Å². The molecule has 3 rings (SSSR count). The highest BCUT2D eigenvalue weighted by Crippen LogP contribution is 2.33. The van der Waals surface area contributed by atoms with Gasteiger partial charge in [-0.25, -0.2) is 0 Å². The minimum atomic E-state index is -0.453. The molecule has 1 amide bonds. The zero-order valence-corrected chi connectivity index (χ0v) is 11.3. The number of hydrogen-bond donors (Lipinski definition) is 3. The summed E-state index contributed by atoms with van der Waals surface area (Å²) in [5, 5.41) is 13.0. The van der Waals surface area contributed by atoms with Crippen LogP contribution in [-0.4, -0.2) is 22.2 Å². The van der Waals surface area contributed by atoms with Crippen molar-refractivity contribution in [2.75, 3.05) is 10.6 Å². The van der Waals surface area contributed by atoms with Gasteiger partial charge in [0.1, 0.15) is 5.75 Å². The van der Waals surface area contributed by atoms with Crippen molar-refractivity contribution in [3.8, 4) is 5.75 Å². The van der Waals surface area contributed by atoms with E-state index in [1.54, 1.807) is 13.1 Å². The number of aromatic nitrogens is 2. The summed E-state index contributed by atoms with van der Waals surface area (Å²) in [6.45, 7) is 3.76. The van der Waals surface area contributed by atoms with Crippen LogP contribution in [0.15, 0.2) is 30.5 Å².